The Hall–Kier alpha value is -2.67. The molecular weight excluding hydrogens is 387 g/mol. The number of hydrogen-bond donors (Lipinski definition) is 1. The van der Waals surface area contributed by atoms with Crippen LogP contribution in [-0.2, 0) is 17.3 Å². The molecule has 0 saturated heterocycles. The number of thioether (sulfide) groups is 1. The summed E-state index contributed by atoms with van der Waals surface area (Å²) in [6, 6.07) is 14.1. The van der Waals surface area contributed by atoms with Crippen molar-refractivity contribution in [1.29, 1.82) is 0 Å². The third-order valence-electron chi connectivity index (χ3n) is 4.59. The van der Waals surface area contributed by atoms with E-state index < -0.39 is 11.1 Å². The highest BCUT2D eigenvalue weighted by atomic mass is 32.2. The van der Waals surface area contributed by atoms with E-state index in [1.807, 2.05) is 23.7 Å². The molecule has 152 valence electrons. The topological polar surface area (TPSA) is 59.8 Å². The molecule has 0 radical (unpaired) electrons. The number of rotatable bonds is 5. The van der Waals surface area contributed by atoms with Gasteiger partial charge in [-0.25, -0.2) is 4.39 Å². The van der Waals surface area contributed by atoms with Gasteiger partial charge in [-0.3, -0.25) is 4.79 Å². The molecule has 3 aromatic rings. The number of benzene rings is 2. The van der Waals surface area contributed by atoms with E-state index >= 15 is 0 Å². The first-order chi connectivity index (χ1) is 13.6. The zero-order valence-electron chi connectivity index (χ0n) is 17.2. The van der Waals surface area contributed by atoms with Crippen LogP contribution in [0, 0.1) is 5.82 Å². The summed E-state index contributed by atoms with van der Waals surface area (Å²) in [6.45, 7) is 8.31. The molecule has 29 heavy (non-hydrogen) atoms. The van der Waals surface area contributed by atoms with E-state index in [1.165, 1.54) is 29.5 Å². The number of anilines is 1. The maximum atomic E-state index is 13.3. The average Bonchev–Trinajstić information content (AvgIpc) is 3.01. The summed E-state index contributed by atoms with van der Waals surface area (Å²) in [5.74, 6) is 0.129. The van der Waals surface area contributed by atoms with E-state index in [-0.39, 0.29) is 11.3 Å². The summed E-state index contributed by atoms with van der Waals surface area (Å²) in [6.07, 6.45) is 0. The van der Waals surface area contributed by atoms with Crippen molar-refractivity contribution in [3.8, 4) is 11.4 Å². The van der Waals surface area contributed by atoms with Crippen LogP contribution in [0.5, 0.6) is 0 Å². The molecule has 3 rings (SSSR count). The van der Waals surface area contributed by atoms with Gasteiger partial charge in [-0.05, 0) is 36.1 Å². The van der Waals surface area contributed by atoms with Gasteiger partial charge in [0.1, 0.15) is 5.82 Å². The molecule has 0 aliphatic carbocycles. The van der Waals surface area contributed by atoms with Crippen LogP contribution in [0.2, 0.25) is 0 Å². The Bertz CT molecular complexity index is 1010. The highest BCUT2D eigenvalue weighted by Gasteiger charge is 2.20. The van der Waals surface area contributed by atoms with Gasteiger partial charge in [0.2, 0.25) is 5.91 Å². The second kappa shape index (κ2) is 8.37. The summed E-state index contributed by atoms with van der Waals surface area (Å²) in [5.41, 5.74) is 2.74. The molecule has 5 nitrogen and oxygen atoms in total. The Labute approximate surface area is 174 Å². The van der Waals surface area contributed by atoms with E-state index in [4.69, 9.17) is 0 Å². The van der Waals surface area contributed by atoms with Gasteiger partial charge in [-0.2, -0.15) is 0 Å². The number of hydrogen-bond acceptors (Lipinski definition) is 4. The second-order valence-electron chi connectivity index (χ2n) is 7.95. The molecule has 0 aliphatic heterocycles. The molecule has 2 aromatic carbocycles. The molecule has 0 unspecified atom stereocenters. The SMILES string of the molecule is C[C@H](Sc1nnc(-c2ccc(C(C)(C)C)cc2)n1C)C(=O)Nc1cccc(F)c1. The third kappa shape index (κ3) is 5.03. The molecule has 0 spiro atoms. The molecular formula is C22H25FN4OS. The van der Waals surface area contributed by atoms with Gasteiger partial charge in [0, 0.05) is 18.3 Å². The number of nitrogens with one attached hydrogen (secondary N) is 1. The Morgan fingerprint density at radius 2 is 1.83 bits per heavy atom. The number of carbonyl (C=O) groups excluding carboxylic acids is 1. The van der Waals surface area contributed by atoms with Crippen LogP contribution >= 0.6 is 11.8 Å². The predicted molar refractivity (Wildman–Crippen MR) is 115 cm³/mol. The lowest BCUT2D eigenvalue weighted by Crippen LogP contribution is -2.22. The molecule has 7 heteroatoms. The minimum absolute atomic E-state index is 0.0872. The van der Waals surface area contributed by atoms with Crippen LogP contribution in [-0.4, -0.2) is 25.9 Å². The van der Waals surface area contributed by atoms with E-state index in [0.717, 1.165) is 11.4 Å². The fourth-order valence-corrected chi connectivity index (χ4v) is 3.62. The lowest BCUT2D eigenvalue weighted by Gasteiger charge is -2.19. The number of carbonyl (C=O) groups is 1. The molecule has 0 fully saturated rings. The minimum atomic E-state index is -0.419. The van der Waals surface area contributed by atoms with Gasteiger partial charge in [0.05, 0.1) is 5.25 Å². The smallest absolute Gasteiger partial charge is 0.237 e. The van der Waals surface area contributed by atoms with Crippen LogP contribution in [0.1, 0.15) is 33.3 Å². The Balaban J connectivity index is 1.71. The Morgan fingerprint density at radius 3 is 2.45 bits per heavy atom. The van der Waals surface area contributed by atoms with Crippen molar-refractivity contribution in [2.75, 3.05) is 5.32 Å². The first-order valence-corrected chi connectivity index (χ1v) is 10.3. The lowest BCUT2D eigenvalue weighted by atomic mass is 9.87. The summed E-state index contributed by atoms with van der Waals surface area (Å²) in [4.78, 5) is 12.4. The summed E-state index contributed by atoms with van der Waals surface area (Å²) >= 11 is 1.31. The van der Waals surface area contributed by atoms with Gasteiger partial charge < -0.3 is 9.88 Å². The van der Waals surface area contributed by atoms with Crippen LogP contribution in [0.3, 0.4) is 0 Å². The van der Waals surface area contributed by atoms with Crippen LogP contribution in [0.25, 0.3) is 11.4 Å². The summed E-state index contributed by atoms with van der Waals surface area (Å²) in [7, 11) is 1.88. The van der Waals surface area contributed by atoms with Crippen molar-refractivity contribution in [3.05, 3.63) is 59.9 Å². The standard InChI is InChI=1S/C22H25FN4OS/c1-14(20(28)24-18-8-6-7-17(23)13-18)29-21-26-25-19(27(21)5)15-9-11-16(12-10-15)22(2,3)4/h6-14H,1-5H3,(H,24,28)/t14-/m0/s1. The van der Waals surface area contributed by atoms with Gasteiger partial charge >= 0.3 is 0 Å². The van der Waals surface area contributed by atoms with Crippen molar-refractivity contribution < 1.29 is 9.18 Å². The molecule has 1 N–H and O–H groups in total. The van der Waals surface area contributed by atoms with Crippen molar-refractivity contribution in [3.63, 3.8) is 0 Å². The second-order valence-corrected chi connectivity index (χ2v) is 9.26. The van der Waals surface area contributed by atoms with E-state index in [0.29, 0.717) is 10.8 Å². The van der Waals surface area contributed by atoms with Crippen LogP contribution in [0.4, 0.5) is 10.1 Å². The summed E-state index contributed by atoms with van der Waals surface area (Å²) < 4.78 is 15.2. The summed E-state index contributed by atoms with van der Waals surface area (Å²) in [5, 5.41) is 11.5. The minimum Gasteiger partial charge on any atom is -0.325 e. The van der Waals surface area contributed by atoms with E-state index in [2.05, 4.69) is 48.4 Å². The molecule has 0 aliphatic rings. The van der Waals surface area contributed by atoms with Gasteiger partial charge in [-0.15, -0.1) is 10.2 Å². The van der Waals surface area contributed by atoms with E-state index in [9.17, 15) is 9.18 Å². The van der Waals surface area contributed by atoms with Gasteiger partial charge in [0.25, 0.3) is 0 Å². The maximum Gasteiger partial charge on any atom is 0.237 e. The molecule has 1 heterocycles. The fraction of sp³-hybridized carbons (Fsp3) is 0.318. The van der Waals surface area contributed by atoms with Crippen LogP contribution in [0.15, 0.2) is 53.7 Å². The van der Waals surface area contributed by atoms with Crippen molar-refractivity contribution in [2.24, 2.45) is 7.05 Å². The monoisotopic (exact) mass is 412 g/mol. The average molecular weight is 413 g/mol. The zero-order chi connectivity index (χ0) is 21.2. The van der Waals surface area contributed by atoms with Gasteiger partial charge in [-0.1, -0.05) is 62.9 Å². The van der Waals surface area contributed by atoms with Crippen LogP contribution < -0.4 is 5.32 Å². The van der Waals surface area contributed by atoms with Crippen molar-refractivity contribution in [1.82, 2.24) is 14.8 Å². The first kappa shape index (κ1) is 21.0. The molecule has 0 bridgehead atoms. The maximum absolute atomic E-state index is 13.3. The first-order valence-electron chi connectivity index (χ1n) is 9.38. The molecule has 1 atom stereocenters. The molecule has 1 aromatic heterocycles. The highest BCUT2D eigenvalue weighted by molar-refractivity contribution is 8.00. The number of nitrogens with zero attached hydrogens (tertiary/aromatic N) is 3. The largest absolute Gasteiger partial charge is 0.325 e. The molecule has 1 amide bonds. The third-order valence-corrected chi connectivity index (χ3v) is 5.72. The number of halogens is 1. The fourth-order valence-electron chi connectivity index (χ4n) is 2.81. The Kier molecular flexibility index (Phi) is 6.07. The number of amides is 1. The zero-order valence-corrected chi connectivity index (χ0v) is 18.0. The quantitative estimate of drug-likeness (QED) is 0.597. The van der Waals surface area contributed by atoms with Gasteiger partial charge in [0.15, 0.2) is 11.0 Å². The lowest BCUT2D eigenvalue weighted by molar-refractivity contribution is -0.115. The number of aromatic nitrogens is 3. The highest BCUT2D eigenvalue weighted by Crippen LogP contribution is 2.28. The Morgan fingerprint density at radius 1 is 1.14 bits per heavy atom. The normalized spacial score (nSPS) is 12.6. The van der Waals surface area contributed by atoms with Crippen molar-refractivity contribution in [2.45, 2.75) is 43.5 Å². The predicted octanol–water partition coefficient (Wildman–Crippen LogP) is 5.04. The molecule has 0 saturated carbocycles. The van der Waals surface area contributed by atoms with Crippen molar-refractivity contribution >= 4 is 23.4 Å². The van der Waals surface area contributed by atoms with E-state index in [1.54, 1.807) is 19.1 Å².